The maximum atomic E-state index is 8.26. The van der Waals surface area contributed by atoms with Gasteiger partial charge in [0.25, 0.3) is 0 Å². The number of hydroxylamine groups is 1. The summed E-state index contributed by atoms with van der Waals surface area (Å²) < 4.78 is 0. The lowest BCUT2D eigenvalue weighted by atomic mass is 10.2. The standard InChI is InChI=1S/C9H23N3O/c1-2-3-4-5-6-10-9-11-7-8-12-13/h10-13H,2-9H2,1H3. The van der Waals surface area contributed by atoms with Crippen LogP contribution in [0.3, 0.4) is 0 Å². The van der Waals surface area contributed by atoms with Gasteiger partial charge in [-0.15, -0.1) is 0 Å². The molecule has 0 aliphatic rings. The molecule has 0 aliphatic heterocycles. The van der Waals surface area contributed by atoms with Crippen molar-refractivity contribution in [1.82, 2.24) is 16.1 Å². The van der Waals surface area contributed by atoms with E-state index in [0.29, 0.717) is 6.54 Å². The summed E-state index contributed by atoms with van der Waals surface area (Å²) in [5.41, 5.74) is 2.10. The van der Waals surface area contributed by atoms with E-state index in [9.17, 15) is 0 Å². The summed E-state index contributed by atoms with van der Waals surface area (Å²) in [6, 6.07) is 0. The predicted octanol–water partition coefficient (Wildman–Crippen LogP) is 0.682. The quantitative estimate of drug-likeness (QED) is 0.232. The van der Waals surface area contributed by atoms with Gasteiger partial charge in [0.2, 0.25) is 0 Å². The third-order valence-corrected chi connectivity index (χ3v) is 1.87. The van der Waals surface area contributed by atoms with Gasteiger partial charge in [0.15, 0.2) is 0 Å². The Hall–Kier alpha value is -0.160. The monoisotopic (exact) mass is 189 g/mol. The molecule has 0 bridgehead atoms. The fourth-order valence-corrected chi connectivity index (χ4v) is 1.09. The summed E-state index contributed by atoms with van der Waals surface area (Å²) in [4.78, 5) is 0. The smallest absolute Gasteiger partial charge is 0.0454 e. The minimum Gasteiger partial charge on any atom is -0.317 e. The van der Waals surface area contributed by atoms with Crippen LogP contribution in [0.25, 0.3) is 0 Å². The van der Waals surface area contributed by atoms with Crippen molar-refractivity contribution in [2.45, 2.75) is 32.6 Å². The molecule has 0 saturated heterocycles. The Morgan fingerprint density at radius 1 is 0.923 bits per heavy atom. The minimum atomic E-state index is 0.595. The van der Waals surface area contributed by atoms with Crippen LogP contribution in [0.15, 0.2) is 0 Å². The number of rotatable bonds is 10. The first-order chi connectivity index (χ1) is 6.41. The van der Waals surface area contributed by atoms with Gasteiger partial charge in [0.1, 0.15) is 0 Å². The van der Waals surface area contributed by atoms with Gasteiger partial charge >= 0.3 is 0 Å². The molecule has 0 aromatic heterocycles. The molecule has 0 saturated carbocycles. The molecule has 80 valence electrons. The summed E-state index contributed by atoms with van der Waals surface area (Å²) >= 11 is 0. The Balaban J connectivity index is 2.76. The predicted molar refractivity (Wildman–Crippen MR) is 54.8 cm³/mol. The number of unbranched alkanes of at least 4 members (excludes halogenated alkanes) is 3. The summed E-state index contributed by atoms with van der Waals surface area (Å²) in [5, 5.41) is 14.7. The maximum Gasteiger partial charge on any atom is 0.0454 e. The molecular weight excluding hydrogens is 166 g/mol. The van der Waals surface area contributed by atoms with Crippen molar-refractivity contribution in [3.8, 4) is 0 Å². The van der Waals surface area contributed by atoms with Crippen LogP contribution in [0.2, 0.25) is 0 Å². The molecule has 4 heteroatoms. The normalized spacial score (nSPS) is 10.6. The topological polar surface area (TPSA) is 56.3 Å². The molecule has 0 spiro atoms. The second-order valence-corrected chi connectivity index (χ2v) is 3.15. The molecule has 0 fully saturated rings. The van der Waals surface area contributed by atoms with Gasteiger partial charge in [-0.05, 0) is 13.0 Å². The number of nitrogens with one attached hydrogen (secondary N) is 3. The first-order valence-electron chi connectivity index (χ1n) is 5.20. The highest BCUT2D eigenvalue weighted by atomic mass is 16.5. The molecule has 0 amide bonds. The van der Waals surface area contributed by atoms with E-state index in [4.69, 9.17) is 5.21 Å². The average molecular weight is 189 g/mol. The van der Waals surface area contributed by atoms with Crippen molar-refractivity contribution in [3.05, 3.63) is 0 Å². The maximum absolute atomic E-state index is 8.26. The van der Waals surface area contributed by atoms with Crippen molar-refractivity contribution in [2.75, 3.05) is 26.3 Å². The Morgan fingerprint density at radius 2 is 1.69 bits per heavy atom. The lowest BCUT2D eigenvalue weighted by molar-refractivity contribution is 0.167. The zero-order valence-corrected chi connectivity index (χ0v) is 8.60. The highest BCUT2D eigenvalue weighted by Gasteiger charge is 1.88. The highest BCUT2D eigenvalue weighted by Crippen LogP contribution is 1.96. The fourth-order valence-electron chi connectivity index (χ4n) is 1.09. The van der Waals surface area contributed by atoms with Crippen molar-refractivity contribution < 1.29 is 5.21 Å². The third kappa shape index (κ3) is 11.8. The molecule has 13 heavy (non-hydrogen) atoms. The van der Waals surface area contributed by atoms with Gasteiger partial charge in [0, 0.05) is 19.8 Å². The van der Waals surface area contributed by atoms with Gasteiger partial charge in [0.05, 0.1) is 0 Å². The molecule has 4 N–H and O–H groups in total. The van der Waals surface area contributed by atoms with Crippen LogP contribution in [-0.4, -0.2) is 31.5 Å². The van der Waals surface area contributed by atoms with Gasteiger partial charge in [-0.1, -0.05) is 26.2 Å². The van der Waals surface area contributed by atoms with Crippen LogP contribution in [-0.2, 0) is 0 Å². The molecular formula is C9H23N3O. The third-order valence-electron chi connectivity index (χ3n) is 1.87. The summed E-state index contributed by atoms with van der Waals surface area (Å²) in [6.45, 7) is 5.51. The second-order valence-electron chi connectivity index (χ2n) is 3.15. The van der Waals surface area contributed by atoms with Crippen LogP contribution in [0.5, 0.6) is 0 Å². The number of hydrogen-bond acceptors (Lipinski definition) is 4. The Bertz CT molecular complexity index is 80.9. The van der Waals surface area contributed by atoms with Gasteiger partial charge < -0.3 is 15.8 Å². The molecule has 0 radical (unpaired) electrons. The van der Waals surface area contributed by atoms with Gasteiger partial charge in [-0.25, -0.2) is 5.48 Å². The molecule has 0 atom stereocenters. The molecule has 0 rings (SSSR count). The molecule has 0 unspecified atom stereocenters. The molecule has 0 heterocycles. The molecule has 4 nitrogen and oxygen atoms in total. The lowest BCUT2D eigenvalue weighted by Gasteiger charge is -2.05. The van der Waals surface area contributed by atoms with E-state index < -0.39 is 0 Å². The second kappa shape index (κ2) is 11.8. The summed E-state index contributed by atoms with van der Waals surface area (Å²) in [6.07, 6.45) is 5.21. The van der Waals surface area contributed by atoms with E-state index in [1.165, 1.54) is 25.7 Å². The fraction of sp³-hybridized carbons (Fsp3) is 1.00. The first kappa shape index (κ1) is 12.8. The van der Waals surface area contributed by atoms with Crippen molar-refractivity contribution in [2.24, 2.45) is 0 Å². The highest BCUT2D eigenvalue weighted by molar-refractivity contribution is 4.48. The molecule has 0 aromatic carbocycles. The minimum absolute atomic E-state index is 0.595. The summed E-state index contributed by atoms with van der Waals surface area (Å²) in [5.74, 6) is 0. The first-order valence-corrected chi connectivity index (χ1v) is 5.20. The van der Waals surface area contributed by atoms with Crippen LogP contribution in [0.4, 0.5) is 0 Å². The van der Waals surface area contributed by atoms with E-state index in [1.54, 1.807) is 0 Å². The van der Waals surface area contributed by atoms with Crippen molar-refractivity contribution in [1.29, 1.82) is 0 Å². The molecule has 0 aliphatic carbocycles. The van der Waals surface area contributed by atoms with Crippen molar-refractivity contribution in [3.63, 3.8) is 0 Å². The summed E-state index contributed by atoms with van der Waals surface area (Å²) in [7, 11) is 0. The lowest BCUT2D eigenvalue weighted by Crippen LogP contribution is -2.33. The Morgan fingerprint density at radius 3 is 2.38 bits per heavy atom. The SMILES string of the molecule is CCCCCCNCNCCNO. The zero-order valence-electron chi connectivity index (χ0n) is 8.60. The van der Waals surface area contributed by atoms with Crippen LogP contribution in [0.1, 0.15) is 32.6 Å². The van der Waals surface area contributed by atoms with Crippen LogP contribution in [0, 0.1) is 0 Å². The zero-order chi connectivity index (χ0) is 9.78. The van der Waals surface area contributed by atoms with Crippen LogP contribution < -0.4 is 16.1 Å². The van der Waals surface area contributed by atoms with Gasteiger partial charge in [-0.2, -0.15) is 0 Å². The Labute approximate surface area is 81.1 Å². The average Bonchev–Trinajstić information content (AvgIpc) is 2.16. The largest absolute Gasteiger partial charge is 0.317 e. The van der Waals surface area contributed by atoms with Crippen molar-refractivity contribution >= 4 is 0 Å². The van der Waals surface area contributed by atoms with E-state index in [1.807, 2.05) is 0 Å². The van der Waals surface area contributed by atoms with E-state index >= 15 is 0 Å². The van der Waals surface area contributed by atoms with E-state index in [2.05, 4.69) is 23.0 Å². The van der Waals surface area contributed by atoms with Gasteiger partial charge in [-0.3, -0.25) is 0 Å². The van der Waals surface area contributed by atoms with Crippen LogP contribution >= 0.6 is 0 Å². The molecule has 0 aromatic rings. The number of hydrogen-bond donors (Lipinski definition) is 4. The Kier molecular flexibility index (Phi) is 11.7. The van der Waals surface area contributed by atoms with E-state index in [-0.39, 0.29) is 0 Å². The van der Waals surface area contributed by atoms with E-state index in [0.717, 1.165) is 19.8 Å².